The van der Waals surface area contributed by atoms with Crippen LogP contribution in [-0.2, 0) is 0 Å². The van der Waals surface area contributed by atoms with Gasteiger partial charge in [-0.2, -0.15) is 0 Å². The molecule has 0 amide bonds. The van der Waals surface area contributed by atoms with Gasteiger partial charge in [0, 0.05) is 5.54 Å². The van der Waals surface area contributed by atoms with Gasteiger partial charge < -0.3 is 5.73 Å². The minimum Gasteiger partial charge on any atom is -0.325 e. The Morgan fingerprint density at radius 2 is 1.47 bits per heavy atom. The summed E-state index contributed by atoms with van der Waals surface area (Å²) >= 11 is 0. The van der Waals surface area contributed by atoms with Crippen molar-refractivity contribution in [1.29, 1.82) is 0 Å². The Balaban J connectivity index is 1.98. The van der Waals surface area contributed by atoms with E-state index in [-0.39, 0.29) is 5.54 Å². The molecule has 2 rings (SSSR count). The van der Waals surface area contributed by atoms with E-state index in [0.29, 0.717) is 5.41 Å². The highest BCUT2D eigenvalue weighted by Crippen LogP contribution is 2.47. The summed E-state index contributed by atoms with van der Waals surface area (Å²) in [6, 6.07) is 0. The summed E-state index contributed by atoms with van der Waals surface area (Å²) in [5, 5.41) is 0. The third-order valence-corrected chi connectivity index (χ3v) is 5.95. The van der Waals surface area contributed by atoms with Gasteiger partial charge in [0.15, 0.2) is 0 Å². The molecule has 0 aromatic carbocycles. The lowest BCUT2D eigenvalue weighted by Crippen LogP contribution is -2.52. The van der Waals surface area contributed by atoms with Gasteiger partial charge in [0.25, 0.3) is 0 Å². The molecule has 1 heteroatoms. The Morgan fingerprint density at radius 3 is 2.00 bits per heavy atom. The van der Waals surface area contributed by atoms with Crippen LogP contribution in [0.2, 0.25) is 0 Å². The first-order valence-electron chi connectivity index (χ1n) is 7.61. The van der Waals surface area contributed by atoms with Gasteiger partial charge in [-0.05, 0) is 61.7 Å². The molecule has 2 fully saturated rings. The summed E-state index contributed by atoms with van der Waals surface area (Å²) in [4.78, 5) is 0. The van der Waals surface area contributed by atoms with Gasteiger partial charge in [-0.3, -0.25) is 0 Å². The maximum atomic E-state index is 6.76. The fourth-order valence-corrected chi connectivity index (χ4v) is 3.87. The van der Waals surface area contributed by atoms with Crippen molar-refractivity contribution >= 4 is 0 Å². The van der Waals surface area contributed by atoms with Crippen LogP contribution in [0.15, 0.2) is 0 Å². The predicted molar refractivity (Wildman–Crippen MR) is 74.8 cm³/mol. The Morgan fingerprint density at radius 1 is 0.882 bits per heavy atom. The van der Waals surface area contributed by atoms with E-state index in [1.165, 1.54) is 44.9 Å². The van der Waals surface area contributed by atoms with Crippen molar-refractivity contribution in [1.82, 2.24) is 0 Å². The Kier molecular flexibility index (Phi) is 3.60. The summed E-state index contributed by atoms with van der Waals surface area (Å²) in [7, 11) is 0. The van der Waals surface area contributed by atoms with Crippen molar-refractivity contribution in [2.45, 2.75) is 78.2 Å². The molecule has 2 aliphatic rings. The van der Waals surface area contributed by atoms with E-state index in [9.17, 15) is 0 Å². The van der Waals surface area contributed by atoms with Crippen molar-refractivity contribution in [3.8, 4) is 0 Å². The van der Waals surface area contributed by atoms with E-state index >= 15 is 0 Å². The largest absolute Gasteiger partial charge is 0.325 e. The van der Waals surface area contributed by atoms with Gasteiger partial charge >= 0.3 is 0 Å². The average molecular weight is 237 g/mol. The molecule has 0 saturated heterocycles. The lowest BCUT2D eigenvalue weighted by atomic mass is 9.60. The van der Waals surface area contributed by atoms with E-state index in [0.717, 1.165) is 17.8 Å². The molecule has 3 atom stereocenters. The monoisotopic (exact) mass is 237 g/mol. The highest BCUT2D eigenvalue weighted by molar-refractivity contribution is 4.99. The summed E-state index contributed by atoms with van der Waals surface area (Å²) < 4.78 is 0. The van der Waals surface area contributed by atoms with Gasteiger partial charge in [0.05, 0.1) is 0 Å². The molecule has 0 aromatic rings. The zero-order chi connectivity index (χ0) is 12.7. The van der Waals surface area contributed by atoms with Crippen LogP contribution in [0, 0.1) is 23.2 Å². The zero-order valence-corrected chi connectivity index (χ0v) is 12.3. The molecule has 0 bridgehead atoms. The highest BCUT2D eigenvalue weighted by atomic mass is 14.8. The smallest absolute Gasteiger partial charge is 0.0183 e. The summed E-state index contributed by atoms with van der Waals surface area (Å²) in [5.74, 6) is 2.59. The molecule has 17 heavy (non-hydrogen) atoms. The molecule has 0 heterocycles. The van der Waals surface area contributed by atoms with Crippen LogP contribution >= 0.6 is 0 Å². The molecular formula is C16H31N. The molecule has 0 aliphatic heterocycles. The average Bonchev–Trinajstić information content (AvgIpc) is 2.27. The first kappa shape index (κ1) is 13.4. The maximum absolute atomic E-state index is 6.76. The quantitative estimate of drug-likeness (QED) is 0.720. The van der Waals surface area contributed by atoms with Gasteiger partial charge in [-0.15, -0.1) is 0 Å². The number of hydrogen-bond donors (Lipinski definition) is 1. The first-order valence-corrected chi connectivity index (χ1v) is 7.61. The second kappa shape index (κ2) is 4.57. The van der Waals surface area contributed by atoms with Crippen molar-refractivity contribution in [2.75, 3.05) is 0 Å². The van der Waals surface area contributed by atoms with E-state index in [2.05, 4.69) is 27.7 Å². The molecule has 3 unspecified atom stereocenters. The number of nitrogens with two attached hydrogens (primary N) is 1. The Hall–Kier alpha value is -0.0400. The van der Waals surface area contributed by atoms with E-state index in [1.54, 1.807) is 0 Å². The minimum absolute atomic E-state index is 0.171. The third-order valence-electron chi connectivity index (χ3n) is 5.95. The lowest BCUT2D eigenvalue weighted by Gasteiger charge is -2.48. The van der Waals surface area contributed by atoms with Crippen molar-refractivity contribution < 1.29 is 0 Å². The molecule has 0 radical (unpaired) electrons. The van der Waals surface area contributed by atoms with Crippen molar-refractivity contribution in [2.24, 2.45) is 28.9 Å². The van der Waals surface area contributed by atoms with E-state index < -0.39 is 0 Å². The maximum Gasteiger partial charge on any atom is 0.0183 e. The molecule has 2 aliphatic carbocycles. The topological polar surface area (TPSA) is 26.0 Å². The van der Waals surface area contributed by atoms with Crippen LogP contribution in [-0.4, -0.2) is 5.54 Å². The van der Waals surface area contributed by atoms with Crippen molar-refractivity contribution in [3.05, 3.63) is 0 Å². The van der Waals surface area contributed by atoms with Gasteiger partial charge in [-0.1, -0.05) is 34.1 Å². The summed E-state index contributed by atoms with van der Waals surface area (Å²) in [5.41, 5.74) is 7.47. The molecule has 0 aromatic heterocycles. The van der Waals surface area contributed by atoms with Crippen LogP contribution in [0.5, 0.6) is 0 Å². The van der Waals surface area contributed by atoms with Crippen LogP contribution in [0.3, 0.4) is 0 Å². The Bertz CT molecular complexity index is 259. The molecule has 2 N–H and O–H groups in total. The first-order chi connectivity index (χ1) is 7.82. The number of hydrogen-bond acceptors (Lipinski definition) is 1. The summed E-state index contributed by atoms with van der Waals surface area (Å²) in [6.45, 7) is 9.64. The second-order valence-electron chi connectivity index (χ2n) is 7.86. The standard InChI is InChI=1S/C16H31N/c1-12-5-6-14(11-13(12)2)16(17)9-7-15(3,4)8-10-16/h12-14H,5-11,17H2,1-4H3. The normalized spacial score (nSPS) is 41.1. The zero-order valence-electron chi connectivity index (χ0n) is 12.3. The van der Waals surface area contributed by atoms with E-state index in [1.807, 2.05) is 0 Å². The van der Waals surface area contributed by atoms with Crippen LogP contribution in [0.25, 0.3) is 0 Å². The van der Waals surface area contributed by atoms with Crippen molar-refractivity contribution in [3.63, 3.8) is 0 Å². The predicted octanol–water partition coefficient (Wildman–Crippen LogP) is 4.36. The van der Waals surface area contributed by atoms with Crippen LogP contribution in [0.4, 0.5) is 0 Å². The summed E-state index contributed by atoms with van der Waals surface area (Å²) in [6.07, 6.45) is 9.31. The van der Waals surface area contributed by atoms with Gasteiger partial charge in [0.2, 0.25) is 0 Å². The molecular weight excluding hydrogens is 206 g/mol. The van der Waals surface area contributed by atoms with Gasteiger partial charge in [-0.25, -0.2) is 0 Å². The van der Waals surface area contributed by atoms with Crippen LogP contribution in [0.1, 0.15) is 72.6 Å². The molecule has 100 valence electrons. The fraction of sp³-hybridized carbons (Fsp3) is 1.00. The molecule has 0 spiro atoms. The fourth-order valence-electron chi connectivity index (χ4n) is 3.87. The number of rotatable bonds is 1. The second-order valence-corrected chi connectivity index (χ2v) is 7.86. The molecule has 1 nitrogen and oxygen atoms in total. The third kappa shape index (κ3) is 2.86. The minimum atomic E-state index is 0.171. The Labute approximate surface area is 108 Å². The van der Waals surface area contributed by atoms with Gasteiger partial charge in [0.1, 0.15) is 0 Å². The highest BCUT2D eigenvalue weighted by Gasteiger charge is 2.42. The molecule has 2 saturated carbocycles. The van der Waals surface area contributed by atoms with Crippen LogP contribution < -0.4 is 5.73 Å². The van der Waals surface area contributed by atoms with E-state index in [4.69, 9.17) is 5.73 Å². The SMILES string of the molecule is CC1CCC(C2(N)CCC(C)(C)CC2)CC1C. The lowest BCUT2D eigenvalue weighted by molar-refractivity contribution is 0.0690.